The molecular weight excluding hydrogens is 485 g/mol. The third-order valence-electron chi connectivity index (χ3n) is 4.23. The van der Waals surface area contributed by atoms with Crippen molar-refractivity contribution in [2.45, 2.75) is 13.8 Å². The molecule has 0 radical (unpaired) electrons. The van der Waals surface area contributed by atoms with Gasteiger partial charge >= 0.3 is 5.97 Å². The van der Waals surface area contributed by atoms with Crippen LogP contribution in [0.3, 0.4) is 0 Å². The number of anilines is 1. The number of carbonyl (C=O) groups is 2. The zero-order valence-electron chi connectivity index (χ0n) is 17.2. The van der Waals surface area contributed by atoms with E-state index in [1.165, 1.54) is 12.1 Å². The zero-order valence-corrected chi connectivity index (χ0v) is 18.8. The van der Waals surface area contributed by atoms with Crippen molar-refractivity contribution in [3.63, 3.8) is 0 Å². The Kier molecular flexibility index (Phi) is 7.37. The van der Waals surface area contributed by atoms with Gasteiger partial charge in [0.05, 0.1) is 18.4 Å². The Labute approximate surface area is 191 Å². The van der Waals surface area contributed by atoms with Gasteiger partial charge in [-0.3, -0.25) is 9.59 Å². The maximum Gasteiger partial charge on any atom is 0.362 e. The van der Waals surface area contributed by atoms with Crippen molar-refractivity contribution in [3.8, 4) is 11.4 Å². The lowest BCUT2D eigenvalue weighted by Gasteiger charge is -2.13. The molecule has 32 heavy (non-hydrogen) atoms. The number of aryl methyl sites for hydroxylation is 1. The molecule has 1 N–H and O–H groups in total. The Morgan fingerprint density at radius 3 is 2.66 bits per heavy atom. The molecule has 8 nitrogen and oxygen atoms in total. The molecule has 166 valence electrons. The Morgan fingerprint density at radius 2 is 1.97 bits per heavy atom. The van der Waals surface area contributed by atoms with E-state index in [1.54, 1.807) is 44.2 Å². The second kappa shape index (κ2) is 10.2. The number of ether oxygens (including phenoxy) is 2. The topological polar surface area (TPSA) is 99.5 Å². The number of aromatic nitrogens is 2. The molecule has 0 fully saturated rings. The van der Waals surface area contributed by atoms with Crippen molar-refractivity contribution >= 4 is 33.5 Å². The standard InChI is InChI=1S/C22H19BrFN3O5/c1-3-31-22(30)21-18(11-20(29)27(26-21)16-6-4-5-14(23)9-16)32-12-19(28)25-15-8-7-13(2)17(24)10-15/h4-11H,3,12H2,1-2H3,(H,25,28). The highest BCUT2D eigenvalue weighted by Crippen LogP contribution is 2.19. The number of nitrogens with zero attached hydrogens (tertiary/aromatic N) is 2. The summed E-state index contributed by atoms with van der Waals surface area (Å²) in [6.07, 6.45) is 0. The predicted octanol–water partition coefficient (Wildman–Crippen LogP) is 3.64. The number of amides is 1. The van der Waals surface area contributed by atoms with E-state index in [2.05, 4.69) is 26.3 Å². The molecule has 1 heterocycles. The van der Waals surface area contributed by atoms with Crippen LogP contribution in [0.5, 0.6) is 5.75 Å². The minimum atomic E-state index is -0.813. The molecule has 3 rings (SSSR count). The SMILES string of the molecule is CCOC(=O)c1nn(-c2cccc(Br)c2)c(=O)cc1OCC(=O)Nc1ccc(C)c(F)c1. The summed E-state index contributed by atoms with van der Waals surface area (Å²) in [5.74, 6) is -2.09. The third-order valence-corrected chi connectivity index (χ3v) is 4.73. The first-order valence-electron chi connectivity index (χ1n) is 9.54. The normalized spacial score (nSPS) is 10.5. The molecular formula is C22H19BrFN3O5. The number of benzene rings is 2. The van der Waals surface area contributed by atoms with Crippen LogP contribution in [0.4, 0.5) is 10.1 Å². The smallest absolute Gasteiger partial charge is 0.362 e. The van der Waals surface area contributed by atoms with E-state index < -0.39 is 29.9 Å². The van der Waals surface area contributed by atoms with Crippen LogP contribution in [0.2, 0.25) is 0 Å². The number of nitrogens with one attached hydrogen (secondary N) is 1. The van der Waals surface area contributed by atoms with Gasteiger partial charge in [0.25, 0.3) is 11.5 Å². The van der Waals surface area contributed by atoms with Gasteiger partial charge in [0, 0.05) is 10.2 Å². The van der Waals surface area contributed by atoms with Gasteiger partial charge in [0.1, 0.15) is 5.82 Å². The fraction of sp³-hybridized carbons (Fsp3) is 0.182. The molecule has 0 saturated carbocycles. The second-order valence-corrected chi connectivity index (χ2v) is 7.52. The molecule has 1 aromatic heterocycles. The highest BCUT2D eigenvalue weighted by Gasteiger charge is 2.21. The van der Waals surface area contributed by atoms with Crippen LogP contribution in [0.25, 0.3) is 5.69 Å². The van der Waals surface area contributed by atoms with E-state index >= 15 is 0 Å². The molecule has 2 aromatic carbocycles. The van der Waals surface area contributed by atoms with Crippen LogP contribution in [-0.2, 0) is 9.53 Å². The maximum absolute atomic E-state index is 13.7. The summed E-state index contributed by atoms with van der Waals surface area (Å²) in [5, 5.41) is 6.57. The first-order valence-corrected chi connectivity index (χ1v) is 10.3. The number of hydrogen-bond donors (Lipinski definition) is 1. The highest BCUT2D eigenvalue weighted by molar-refractivity contribution is 9.10. The highest BCUT2D eigenvalue weighted by atomic mass is 79.9. The van der Waals surface area contributed by atoms with Crippen LogP contribution < -0.4 is 15.6 Å². The lowest BCUT2D eigenvalue weighted by atomic mass is 10.2. The van der Waals surface area contributed by atoms with Crippen LogP contribution in [-0.4, -0.2) is 34.9 Å². The number of rotatable bonds is 7. The van der Waals surface area contributed by atoms with Crippen LogP contribution in [0, 0.1) is 12.7 Å². The number of hydrogen-bond acceptors (Lipinski definition) is 6. The Balaban J connectivity index is 1.85. The number of carbonyl (C=O) groups excluding carboxylic acids is 2. The number of halogens is 2. The maximum atomic E-state index is 13.7. The summed E-state index contributed by atoms with van der Waals surface area (Å²) < 4.78 is 25.8. The van der Waals surface area contributed by atoms with Gasteiger partial charge < -0.3 is 14.8 Å². The van der Waals surface area contributed by atoms with Crippen molar-refractivity contribution in [1.82, 2.24) is 9.78 Å². The third kappa shape index (κ3) is 5.58. The molecule has 10 heteroatoms. The van der Waals surface area contributed by atoms with Crippen LogP contribution in [0.15, 0.2) is 57.8 Å². The molecule has 0 bridgehead atoms. The van der Waals surface area contributed by atoms with Crippen LogP contribution in [0.1, 0.15) is 23.0 Å². The Morgan fingerprint density at radius 1 is 1.19 bits per heavy atom. The molecule has 3 aromatic rings. The molecule has 0 aliphatic heterocycles. The lowest BCUT2D eigenvalue weighted by Crippen LogP contribution is -2.27. The van der Waals surface area contributed by atoms with Gasteiger partial charge in [-0.05, 0) is 49.7 Å². The predicted molar refractivity (Wildman–Crippen MR) is 119 cm³/mol. The summed E-state index contributed by atoms with van der Waals surface area (Å²) in [7, 11) is 0. The Hall–Kier alpha value is -3.53. The Bertz CT molecular complexity index is 1230. The van der Waals surface area contributed by atoms with Crippen molar-refractivity contribution in [2.75, 3.05) is 18.5 Å². The largest absolute Gasteiger partial charge is 0.481 e. The molecule has 0 saturated heterocycles. The molecule has 0 atom stereocenters. The van der Waals surface area contributed by atoms with Crippen LogP contribution >= 0.6 is 15.9 Å². The number of esters is 1. The summed E-state index contributed by atoms with van der Waals surface area (Å²) in [5.41, 5.74) is 0.263. The molecule has 0 aliphatic carbocycles. The monoisotopic (exact) mass is 503 g/mol. The summed E-state index contributed by atoms with van der Waals surface area (Å²) in [6.45, 7) is 2.76. The van der Waals surface area contributed by atoms with Crippen molar-refractivity contribution in [1.29, 1.82) is 0 Å². The molecule has 1 amide bonds. The minimum Gasteiger partial charge on any atom is -0.481 e. The van der Waals surface area contributed by atoms with Crippen molar-refractivity contribution in [3.05, 3.63) is 80.4 Å². The summed E-state index contributed by atoms with van der Waals surface area (Å²) >= 11 is 3.32. The quantitative estimate of drug-likeness (QED) is 0.494. The first-order chi connectivity index (χ1) is 15.3. The van der Waals surface area contributed by atoms with Gasteiger partial charge in [-0.1, -0.05) is 28.1 Å². The molecule has 0 unspecified atom stereocenters. The second-order valence-electron chi connectivity index (χ2n) is 6.61. The fourth-order valence-corrected chi connectivity index (χ4v) is 3.08. The van der Waals surface area contributed by atoms with E-state index in [1.807, 2.05) is 0 Å². The van der Waals surface area contributed by atoms with E-state index in [4.69, 9.17) is 9.47 Å². The summed E-state index contributed by atoms with van der Waals surface area (Å²) in [6, 6.07) is 12.1. The lowest BCUT2D eigenvalue weighted by molar-refractivity contribution is -0.118. The molecule has 0 aliphatic rings. The first kappa shape index (κ1) is 23.1. The van der Waals surface area contributed by atoms with Gasteiger partial charge in [0.2, 0.25) is 5.69 Å². The van der Waals surface area contributed by atoms with E-state index in [9.17, 15) is 18.8 Å². The van der Waals surface area contributed by atoms with E-state index in [0.717, 1.165) is 10.7 Å². The summed E-state index contributed by atoms with van der Waals surface area (Å²) in [4.78, 5) is 37.2. The van der Waals surface area contributed by atoms with E-state index in [-0.39, 0.29) is 23.7 Å². The van der Waals surface area contributed by atoms with Crippen molar-refractivity contribution in [2.24, 2.45) is 0 Å². The molecule has 0 spiro atoms. The zero-order chi connectivity index (χ0) is 23.3. The van der Waals surface area contributed by atoms with Gasteiger partial charge in [-0.15, -0.1) is 0 Å². The average Bonchev–Trinajstić information content (AvgIpc) is 2.75. The van der Waals surface area contributed by atoms with Gasteiger partial charge in [-0.25, -0.2) is 9.18 Å². The van der Waals surface area contributed by atoms with Crippen molar-refractivity contribution < 1.29 is 23.5 Å². The van der Waals surface area contributed by atoms with Gasteiger partial charge in [0.15, 0.2) is 12.4 Å². The van der Waals surface area contributed by atoms with E-state index in [0.29, 0.717) is 15.7 Å². The average molecular weight is 504 g/mol. The van der Waals surface area contributed by atoms with Gasteiger partial charge in [-0.2, -0.15) is 9.78 Å². The minimum absolute atomic E-state index is 0.0788. The fourth-order valence-electron chi connectivity index (χ4n) is 2.69.